The number of aromatic carboxylic acids is 1. The minimum Gasteiger partial charge on any atom is -0.487 e. The van der Waals surface area contributed by atoms with Crippen molar-refractivity contribution in [2.24, 2.45) is 0 Å². The van der Waals surface area contributed by atoms with Gasteiger partial charge in [-0.3, -0.25) is 4.98 Å². The molecule has 1 heterocycles. The Hall–Kier alpha value is -1.40. The molecular weight excluding hydrogens is 306 g/mol. The highest BCUT2D eigenvalue weighted by Crippen LogP contribution is 2.27. The van der Waals surface area contributed by atoms with Gasteiger partial charge in [0.25, 0.3) is 0 Å². The van der Waals surface area contributed by atoms with Crippen LogP contribution in [0, 0.1) is 0 Å². The van der Waals surface area contributed by atoms with Crippen LogP contribution in [0.1, 0.15) is 15.2 Å². The van der Waals surface area contributed by atoms with Gasteiger partial charge in [-0.25, -0.2) is 4.79 Å². The second-order valence-electron chi connectivity index (χ2n) is 3.21. The maximum absolute atomic E-state index is 10.8. The molecule has 0 amide bonds. The van der Waals surface area contributed by atoms with Crippen molar-refractivity contribution < 1.29 is 14.6 Å². The van der Waals surface area contributed by atoms with Crippen molar-refractivity contribution in [1.29, 1.82) is 0 Å². The van der Waals surface area contributed by atoms with Gasteiger partial charge in [-0.05, 0) is 34.1 Å². The highest BCUT2D eigenvalue weighted by Gasteiger charge is 2.08. The topological polar surface area (TPSA) is 59.4 Å². The smallest absolute Gasteiger partial charge is 0.335 e. The molecule has 0 spiro atoms. The van der Waals surface area contributed by atoms with Gasteiger partial charge in [0.2, 0.25) is 0 Å². The van der Waals surface area contributed by atoms with E-state index in [4.69, 9.17) is 9.84 Å². The molecule has 0 atom stereocenters. The Balaban J connectivity index is 2.14. The van der Waals surface area contributed by atoms with Crippen molar-refractivity contribution in [3.63, 3.8) is 0 Å². The average molecular weight is 314 g/mol. The van der Waals surface area contributed by atoms with Gasteiger partial charge in [-0.15, -0.1) is 11.3 Å². The third kappa shape index (κ3) is 3.04. The highest BCUT2D eigenvalue weighted by molar-refractivity contribution is 9.10. The van der Waals surface area contributed by atoms with Crippen LogP contribution in [0.3, 0.4) is 0 Å². The first-order chi connectivity index (χ1) is 8.16. The second kappa shape index (κ2) is 5.29. The number of hydrogen-bond donors (Lipinski definition) is 1. The molecule has 0 fully saturated rings. The van der Waals surface area contributed by atoms with Gasteiger partial charge in [0.1, 0.15) is 12.4 Å². The zero-order valence-corrected chi connectivity index (χ0v) is 11.0. The fourth-order valence-corrected chi connectivity index (χ4v) is 2.08. The van der Waals surface area contributed by atoms with Gasteiger partial charge in [0.05, 0.1) is 20.4 Å². The third-order valence-electron chi connectivity index (χ3n) is 2.03. The van der Waals surface area contributed by atoms with Crippen LogP contribution in [0.25, 0.3) is 0 Å². The van der Waals surface area contributed by atoms with Crippen LogP contribution in [-0.4, -0.2) is 16.1 Å². The van der Waals surface area contributed by atoms with Crippen molar-refractivity contribution in [3.8, 4) is 5.75 Å². The molecule has 0 aliphatic heterocycles. The predicted molar refractivity (Wildman–Crippen MR) is 67.5 cm³/mol. The molecule has 1 aromatic heterocycles. The van der Waals surface area contributed by atoms with Gasteiger partial charge in [-0.2, -0.15) is 0 Å². The van der Waals surface area contributed by atoms with Gasteiger partial charge in [0.15, 0.2) is 0 Å². The molecule has 17 heavy (non-hydrogen) atoms. The van der Waals surface area contributed by atoms with E-state index in [0.717, 1.165) is 9.35 Å². The lowest BCUT2D eigenvalue weighted by Gasteiger charge is -2.07. The largest absolute Gasteiger partial charge is 0.487 e. The molecule has 2 rings (SSSR count). The molecule has 2 aromatic rings. The van der Waals surface area contributed by atoms with Gasteiger partial charge >= 0.3 is 5.97 Å². The van der Waals surface area contributed by atoms with E-state index in [-0.39, 0.29) is 5.56 Å². The Kier molecular flexibility index (Phi) is 3.75. The van der Waals surface area contributed by atoms with Crippen LogP contribution in [0.5, 0.6) is 5.75 Å². The summed E-state index contributed by atoms with van der Waals surface area (Å²) >= 11 is 4.80. The van der Waals surface area contributed by atoms with E-state index in [9.17, 15) is 4.79 Å². The number of carboxylic acid groups (broad SMARTS) is 1. The van der Waals surface area contributed by atoms with Gasteiger partial charge in [0, 0.05) is 6.20 Å². The van der Waals surface area contributed by atoms with Crippen molar-refractivity contribution in [3.05, 3.63) is 44.8 Å². The summed E-state index contributed by atoms with van der Waals surface area (Å²) in [6.07, 6.45) is 1.72. The van der Waals surface area contributed by atoms with E-state index in [1.165, 1.54) is 23.5 Å². The van der Waals surface area contributed by atoms with E-state index in [1.54, 1.807) is 17.8 Å². The molecule has 1 N–H and O–H groups in total. The van der Waals surface area contributed by atoms with Crippen LogP contribution < -0.4 is 4.74 Å². The summed E-state index contributed by atoms with van der Waals surface area (Å²) in [5, 5.41) is 8.87. The third-order valence-corrected chi connectivity index (χ3v) is 3.44. The summed E-state index contributed by atoms with van der Waals surface area (Å²) in [6.45, 7) is 0.381. The molecular formula is C11H8BrNO3S. The molecule has 0 radical (unpaired) electrons. The summed E-state index contributed by atoms with van der Waals surface area (Å²) in [5.41, 5.74) is 1.93. The van der Waals surface area contributed by atoms with E-state index in [2.05, 4.69) is 20.9 Å². The number of carboxylic acids is 1. The predicted octanol–water partition coefficient (Wildman–Crippen LogP) is 3.18. The standard InChI is InChI=1S/C11H8BrNO3S/c12-9-2-1-7(11(14)15)3-10(9)16-5-8-4-13-6-17-8/h1-4,6H,5H2,(H,14,15). The number of hydrogen-bond acceptors (Lipinski definition) is 4. The molecule has 4 nitrogen and oxygen atoms in total. The SMILES string of the molecule is O=C(O)c1ccc(Br)c(OCc2cncs2)c1. The first-order valence-corrected chi connectivity index (χ1v) is 6.37. The summed E-state index contributed by atoms with van der Waals surface area (Å²) in [6, 6.07) is 4.67. The van der Waals surface area contributed by atoms with E-state index in [0.29, 0.717) is 12.4 Å². The number of rotatable bonds is 4. The van der Waals surface area contributed by atoms with Crippen LogP contribution in [-0.2, 0) is 6.61 Å². The van der Waals surface area contributed by atoms with Gasteiger partial charge < -0.3 is 9.84 Å². The molecule has 0 aliphatic rings. The monoisotopic (exact) mass is 313 g/mol. The second-order valence-corrected chi connectivity index (χ2v) is 5.03. The van der Waals surface area contributed by atoms with Gasteiger partial charge in [-0.1, -0.05) is 0 Å². The molecule has 0 saturated carbocycles. The van der Waals surface area contributed by atoms with Crippen LogP contribution >= 0.6 is 27.3 Å². The Morgan fingerprint density at radius 1 is 1.53 bits per heavy atom. The van der Waals surface area contributed by atoms with Crippen LogP contribution in [0.4, 0.5) is 0 Å². The first kappa shape index (κ1) is 12.1. The zero-order chi connectivity index (χ0) is 12.3. The van der Waals surface area contributed by atoms with Crippen molar-refractivity contribution in [2.75, 3.05) is 0 Å². The number of carbonyl (C=O) groups is 1. The average Bonchev–Trinajstić information content (AvgIpc) is 2.80. The molecule has 88 valence electrons. The van der Waals surface area contributed by atoms with Crippen LogP contribution in [0.15, 0.2) is 34.4 Å². The molecule has 1 aromatic carbocycles. The number of halogens is 1. The lowest BCUT2D eigenvalue weighted by Crippen LogP contribution is -1.99. The molecule has 0 bridgehead atoms. The summed E-state index contributed by atoms with van der Waals surface area (Å²) < 4.78 is 6.26. The van der Waals surface area contributed by atoms with Crippen LogP contribution in [0.2, 0.25) is 0 Å². The minimum atomic E-state index is -0.972. The summed E-state index contributed by atoms with van der Waals surface area (Å²) in [4.78, 5) is 15.7. The number of nitrogens with zero attached hydrogens (tertiary/aromatic N) is 1. The normalized spacial score (nSPS) is 10.2. The number of thiazole rings is 1. The Morgan fingerprint density at radius 2 is 2.35 bits per heavy atom. The van der Waals surface area contributed by atoms with Crippen molar-refractivity contribution in [2.45, 2.75) is 6.61 Å². The lowest BCUT2D eigenvalue weighted by molar-refractivity contribution is 0.0696. The van der Waals surface area contributed by atoms with Crippen molar-refractivity contribution >= 4 is 33.2 Å². The fraction of sp³-hybridized carbons (Fsp3) is 0.0909. The maximum Gasteiger partial charge on any atom is 0.335 e. The maximum atomic E-state index is 10.8. The summed E-state index contributed by atoms with van der Waals surface area (Å²) in [7, 11) is 0. The quantitative estimate of drug-likeness (QED) is 0.941. The van der Waals surface area contributed by atoms with E-state index in [1.807, 2.05) is 0 Å². The Labute approximate surface area is 110 Å². The number of benzene rings is 1. The minimum absolute atomic E-state index is 0.201. The first-order valence-electron chi connectivity index (χ1n) is 4.70. The molecule has 6 heteroatoms. The lowest BCUT2D eigenvalue weighted by atomic mass is 10.2. The molecule has 0 saturated heterocycles. The highest BCUT2D eigenvalue weighted by atomic mass is 79.9. The van der Waals surface area contributed by atoms with Crippen molar-refractivity contribution in [1.82, 2.24) is 4.98 Å². The Bertz CT molecular complexity index is 528. The fourth-order valence-electron chi connectivity index (χ4n) is 1.21. The van der Waals surface area contributed by atoms with E-state index >= 15 is 0 Å². The Morgan fingerprint density at radius 3 is 3.00 bits per heavy atom. The zero-order valence-electron chi connectivity index (χ0n) is 8.59. The number of aromatic nitrogens is 1. The molecule has 0 aliphatic carbocycles. The van der Waals surface area contributed by atoms with E-state index < -0.39 is 5.97 Å². The summed E-state index contributed by atoms with van der Waals surface area (Å²) in [5.74, 6) is -0.460. The number of ether oxygens (including phenoxy) is 1. The molecule has 0 unspecified atom stereocenters.